The summed E-state index contributed by atoms with van der Waals surface area (Å²) in [4.78, 5) is 13.3. The molecule has 12 unspecified atom stereocenters. The Kier molecular flexibility index (Phi) is 46.8. The van der Waals surface area contributed by atoms with Crippen LogP contribution in [0.3, 0.4) is 0 Å². The number of carbonyl (C=O) groups excluding carboxylic acids is 1. The summed E-state index contributed by atoms with van der Waals surface area (Å²) < 4.78 is 22.8. The second-order valence-corrected chi connectivity index (χ2v) is 22.5. The van der Waals surface area contributed by atoms with Crippen molar-refractivity contribution in [3.05, 3.63) is 72.9 Å². The summed E-state index contributed by atoms with van der Waals surface area (Å²) in [5.41, 5.74) is 0. The van der Waals surface area contributed by atoms with Gasteiger partial charge in [0.25, 0.3) is 0 Å². The maximum Gasteiger partial charge on any atom is 0.220 e. The van der Waals surface area contributed by atoms with Crippen LogP contribution in [0.5, 0.6) is 0 Å². The number of nitrogens with one attached hydrogen (secondary N) is 1. The van der Waals surface area contributed by atoms with E-state index in [2.05, 4.69) is 79.9 Å². The Morgan fingerprint density at radius 2 is 0.863 bits per heavy atom. The highest BCUT2D eigenvalue weighted by Crippen LogP contribution is 2.30. The zero-order valence-electron chi connectivity index (χ0n) is 50.1. The second kappa shape index (κ2) is 50.9. The summed E-state index contributed by atoms with van der Waals surface area (Å²) in [5, 5.41) is 87.1. The highest BCUT2D eigenvalue weighted by molar-refractivity contribution is 5.76. The number of ether oxygens (including phenoxy) is 4. The molecule has 80 heavy (non-hydrogen) atoms. The van der Waals surface area contributed by atoms with E-state index in [4.69, 9.17) is 18.9 Å². The fourth-order valence-corrected chi connectivity index (χ4v) is 10.3. The molecule has 0 bridgehead atoms. The zero-order valence-corrected chi connectivity index (χ0v) is 50.1. The minimum absolute atomic E-state index is 0.240. The van der Waals surface area contributed by atoms with Gasteiger partial charge in [0.1, 0.15) is 48.8 Å². The largest absolute Gasteiger partial charge is 0.394 e. The Balaban J connectivity index is 1.63. The molecule has 0 aliphatic carbocycles. The van der Waals surface area contributed by atoms with Crippen molar-refractivity contribution in [2.75, 3.05) is 19.8 Å². The molecule has 0 aromatic rings. The normalized spacial score (nSPS) is 24.7. The summed E-state index contributed by atoms with van der Waals surface area (Å²) in [6.45, 7) is 2.68. The maximum atomic E-state index is 13.3. The fourth-order valence-electron chi connectivity index (χ4n) is 10.3. The minimum Gasteiger partial charge on any atom is -0.394 e. The van der Waals surface area contributed by atoms with E-state index in [1.165, 1.54) is 148 Å². The maximum absolute atomic E-state index is 13.3. The highest BCUT2D eigenvalue weighted by Gasteiger charge is 2.51. The Bertz CT molecular complexity index is 1620. The van der Waals surface area contributed by atoms with E-state index in [-0.39, 0.29) is 18.9 Å². The molecule has 2 heterocycles. The van der Waals surface area contributed by atoms with Gasteiger partial charge >= 0.3 is 0 Å². The molecule has 0 aromatic heterocycles. The second-order valence-electron chi connectivity index (χ2n) is 22.5. The Morgan fingerprint density at radius 3 is 1.32 bits per heavy atom. The lowest BCUT2D eigenvalue weighted by Gasteiger charge is -2.46. The van der Waals surface area contributed by atoms with Gasteiger partial charge in [0, 0.05) is 6.42 Å². The minimum atomic E-state index is -1.79. The van der Waals surface area contributed by atoms with Gasteiger partial charge in [0.2, 0.25) is 5.91 Å². The van der Waals surface area contributed by atoms with Crippen LogP contribution in [0.15, 0.2) is 72.9 Å². The van der Waals surface area contributed by atoms with Crippen molar-refractivity contribution in [3.63, 3.8) is 0 Å². The molecule has 2 fully saturated rings. The molecule has 464 valence electrons. The van der Waals surface area contributed by atoms with Crippen LogP contribution in [0.1, 0.15) is 245 Å². The zero-order chi connectivity index (χ0) is 58.1. The predicted molar refractivity (Wildman–Crippen MR) is 323 cm³/mol. The van der Waals surface area contributed by atoms with E-state index >= 15 is 0 Å². The van der Waals surface area contributed by atoms with Gasteiger partial charge in [-0.3, -0.25) is 4.79 Å². The first kappa shape index (κ1) is 73.5. The van der Waals surface area contributed by atoms with E-state index in [9.17, 15) is 45.6 Å². The molecule has 1 amide bonds. The summed E-state index contributed by atoms with van der Waals surface area (Å²) in [6, 6.07) is -0.915. The van der Waals surface area contributed by atoms with Gasteiger partial charge in [-0.1, -0.05) is 247 Å². The first-order chi connectivity index (χ1) is 39.1. The average molecular weight is 1130 g/mol. The van der Waals surface area contributed by atoms with Crippen LogP contribution in [0.4, 0.5) is 0 Å². The number of unbranched alkanes of at least 4 members (excludes halogenated alkanes) is 28. The van der Waals surface area contributed by atoms with E-state index in [0.29, 0.717) is 6.42 Å². The van der Waals surface area contributed by atoms with E-state index in [1.54, 1.807) is 6.08 Å². The molecule has 2 saturated heterocycles. The molecule has 0 aromatic carbocycles. The average Bonchev–Trinajstić information content (AvgIpc) is 3.49. The SMILES string of the molecule is CC/C=C\C/C=C\C/C=C\C/C=C\C/C=C\CCCCCCCCCCCCCCCCCCCC(=O)NC(COC1OC(CO)C(OC2OC(CO)C(O)C(O)C2O)C(O)C1O)C(O)/C=C/CCCCCCCCCCCCC. The third-order valence-corrected chi connectivity index (χ3v) is 15.4. The summed E-state index contributed by atoms with van der Waals surface area (Å²) >= 11 is 0. The quantitative estimate of drug-likeness (QED) is 0.0204. The summed E-state index contributed by atoms with van der Waals surface area (Å²) in [7, 11) is 0. The van der Waals surface area contributed by atoms with Crippen LogP contribution in [0, 0.1) is 0 Å². The van der Waals surface area contributed by atoms with Crippen molar-refractivity contribution in [2.45, 2.75) is 319 Å². The molecule has 0 saturated carbocycles. The molecule has 0 radical (unpaired) electrons. The van der Waals surface area contributed by atoms with Crippen LogP contribution >= 0.6 is 0 Å². The number of amides is 1. The Hall–Kier alpha value is -2.57. The molecule has 0 spiro atoms. The topological polar surface area (TPSA) is 228 Å². The molecular formula is C66H117NO13. The third-order valence-electron chi connectivity index (χ3n) is 15.4. The van der Waals surface area contributed by atoms with Gasteiger partial charge < -0.3 is 65.1 Å². The Labute approximate surface area is 485 Å². The number of aliphatic hydroxyl groups excluding tert-OH is 8. The monoisotopic (exact) mass is 1130 g/mol. The van der Waals surface area contributed by atoms with Gasteiger partial charge in [-0.15, -0.1) is 0 Å². The number of hydrogen-bond donors (Lipinski definition) is 9. The van der Waals surface area contributed by atoms with Gasteiger partial charge in [0.15, 0.2) is 12.6 Å². The number of hydrogen-bond acceptors (Lipinski definition) is 13. The van der Waals surface area contributed by atoms with Crippen molar-refractivity contribution in [3.8, 4) is 0 Å². The number of aliphatic hydroxyl groups is 8. The van der Waals surface area contributed by atoms with Crippen LogP contribution in [0.2, 0.25) is 0 Å². The van der Waals surface area contributed by atoms with Crippen LogP contribution in [-0.4, -0.2) is 140 Å². The molecule has 9 N–H and O–H groups in total. The van der Waals surface area contributed by atoms with Crippen molar-refractivity contribution >= 4 is 5.91 Å². The predicted octanol–water partition coefficient (Wildman–Crippen LogP) is 11.9. The molecule has 2 aliphatic heterocycles. The van der Waals surface area contributed by atoms with E-state index in [1.807, 2.05) is 6.08 Å². The number of carbonyl (C=O) groups is 1. The number of rotatable bonds is 51. The molecular weight excluding hydrogens is 1010 g/mol. The summed E-state index contributed by atoms with van der Waals surface area (Å²) in [5.74, 6) is -0.240. The third kappa shape index (κ3) is 35.5. The smallest absolute Gasteiger partial charge is 0.220 e. The van der Waals surface area contributed by atoms with Gasteiger partial charge in [-0.25, -0.2) is 0 Å². The van der Waals surface area contributed by atoms with Gasteiger partial charge in [-0.05, 0) is 64.2 Å². The van der Waals surface area contributed by atoms with Crippen LogP contribution < -0.4 is 5.32 Å². The number of allylic oxidation sites excluding steroid dienone is 11. The van der Waals surface area contributed by atoms with Crippen molar-refractivity contribution in [1.82, 2.24) is 5.32 Å². The Morgan fingerprint density at radius 1 is 0.463 bits per heavy atom. The first-order valence-electron chi connectivity index (χ1n) is 32.2. The molecule has 2 aliphatic rings. The van der Waals surface area contributed by atoms with E-state index < -0.39 is 86.8 Å². The molecule has 12 atom stereocenters. The molecule has 14 heteroatoms. The summed E-state index contributed by atoms with van der Waals surface area (Å²) in [6.07, 6.45) is 51.0. The lowest BCUT2D eigenvalue weighted by atomic mass is 9.97. The van der Waals surface area contributed by atoms with Crippen LogP contribution in [-0.2, 0) is 23.7 Å². The molecule has 2 rings (SSSR count). The van der Waals surface area contributed by atoms with Crippen molar-refractivity contribution in [1.29, 1.82) is 0 Å². The highest BCUT2D eigenvalue weighted by atomic mass is 16.7. The lowest BCUT2D eigenvalue weighted by molar-refractivity contribution is -0.359. The van der Waals surface area contributed by atoms with Crippen molar-refractivity contribution < 1.29 is 64.6 Å². The first-order valence-corrected chi connectivity index (χ1v) is 32.2. The van der Waals surface area contributed by atoms with Gasteiger partial charge in [-0.2, -0.15) is 0 Å². The van der Waals surface area contributed by atoms with Crippen molar-refractivity contribution in [2.24, 2.45) is 0 Å². The van der Waals surface area contributed by atoms with E-state index in [0.717, 1.165) is 70.6 Å². The lowest BCUT2D eigenvalue weighted by Crippen LogP contribution is -2.65. The van der Waals surface area contributed by atoms with Gasteiger partial charge in [0.05, 0.1) is 32.0 Å². The van der Waals surface area contributed by atoms with Crippen LogP contribution in [0.25, 0.3) is 0 Å². The standard InChI is InChI=1S/C66H117NO13/c1-3-5-7-9-11-13-15-17-18-19-20-21-22-23-24-25-26-27-28-29-30-31-32-33-34-35-36-38-40-42-44-46-48-50-58(71)67-54(55(70)49-47-45-43-41-39-37-16-14-12-10-8-6-4-2)53-77-65-63(76)61(74)64(57(52-69)79-65)80-66-62(75)60(73)59(72)56(51-68)78-66/h5,7,11,13,17-18,20-21,23-24,47,49,54-57,59-66,68-70,72-76H,3-4,6,8-10,12,14-16,19,22,25-46,48,50-53H2,1-2H3,(H,67,71)/b7-5-,13-11-,18-17-,21-20-,24-23-,49-47+. The fraction of sp³-hybridized carbons (Fsp3) is 0.803. The molecule has 14 nitrogen and oxygen atoms in total.